The minimum atomic E-state index is -0.795. The summed E-state index contributed by atoms with van der Waals surface area (Å²) in [6, 6.07) is -0.795. The van der Waals surface area contributed by atoms with Crippen molar-refractivity contribution < 1.29 is 9.59 Å². The third-order valence-electron chi connectivity index (χ3n) is 4.48. The number of carbonyl (C=O) groups excluding carboxylic acids is 2. The van der Waals surface area contributed by atoms with Crippen LogP contribution in [0.3, 0.4) is 0 Å². The first-order valence-electron chi connectivity index (χ1n) is 10.5. The number of aliphatic imine (C=N–C) groups is 1. The topological polar surface area (TPSA) is 111 Å². The summed E-state index contributed by atoms with van der Waals surface area (Å²) >= 11 is 0. The molecule has 0 radical (unpaired) electrons. The van der Waals surface area contributed by atoms with Crippen LogP contribution in [0.25, 0.3) is 0 Å². The maximum Gasteiger partial charge on any atom is 0.350 e. The quantitative estimate of drug-likeness (QED) is 0.207. The molecule has 0 rings (SSSR count). The summed E-state index contributed by atoms with van der Waals surface area (Å²) in [5.41, 5.74) is 10.1. The van der Waals surface area contributed by atoms with E-state index >= 15 is 0 Å². The molecule has 0 unspecified atom stereocenters. The van der Waals surface area contributed by atoms with Gasteiger partial charge in [-0.15, -0.1) is 0 Å². The highest BCUT2D eigenvalue weighted by molar-refractivity contribution is 5.99. The predicted octanol–water partition coefficient (Wildman–Crippen LogP) is 4.76. The number of nitrogens with two attached hydrogens (primary N) is 2. The largest absolute Gasteiger partial charge is 0.370 e. The van der Waals surface area contributed by atoms with Gasteiger partial charge in [0.05, 0.1) is 0 Å². The molecule has 0 aliphatic carbocycles. The zero-order chi connectivity index (χ0) is 19.5. The lowest BCUT2D eigenvalue weighted by atomic mass is 10.0. The second-order valence-electron chi connectivity index (χ2n) is 7.09. The molecule has 0 heterocycles. The first-order chi connectivity index (χ1) is 12.6. The standard InChI is InChI=1S/C20H40N4O2/c1-2-3-4-5-6-7-8-9-10-11-12-13-14-15-16-17-18(25)23-20(26)24-19(21)22/h2-17H2,1H3,(H5,21,22,23,24,25,26). The maximum atomic E-state index is 11.5. The fourth-order valence-corrected chi connectivity index (χ4v) is 2.98. The normalized spacial score (nSPS) is 10.5. The van der Waals surface area contributed by atoms with E-state index in [1.165, 1.54) is 77.0 Å². The molecule has 0 fully saturated rings. The van der Waals surface area contributed by atoms with E-state index in [1.54, 1.807) is 0 Å². The Labute approximate surface area is 159 Å². The molecule has 0 atom stereocenters. The van der Waals surface area contributed by atoms with Gasteiger partial charge in [0, 0.05) is 6.42 Å². The van der Waals surface area contributed by atoms with Gasteiger partial charge in [0.15, 0.2) is 5.96 Å². The van der Waals surface area contributed by atoms with Gasteiger partial charge in [0.1, 0.15) is 0 Å². The van der Waals surface area contributed by atoms with Crippen LogP contribution in [0, 0.1) is 0 Å². The third kappa shape index (κ3) is 18.7. The van der Waals surface area contributed by atoms with Crippen molar-refractivity contribution in [3.8, 4) is 0 Å². The molecular formula is C20H40N4O2. The van der Waals surface area contributed by atoms with Crippen LogP contribution in [0.1, 0.15) is 110 Å². The van der Waals surface area contributed by atoms with Crippen LogP contribution >= 0.6 is 0 Å². The van der Waals surface area contributed by atoms with Crippen molar-refractivity contribution in [1.82, 2.24) is 5.32 Å². The van der Waals surface area contributed by atoms with E-state index in [0.717, 1.165) is 19.3 Å². The molecule has 0 bridgehead atoms. The fraction of sp³-hybridized carbons (Fsp3) is 0.850. The summed E-state index contributed by atoms with van der Waals surface area (Å²) in [5, 5.41) is 2.14. The Morgan fingerprint density at radius 2 is 1.08 bits per heavy atom. The fourth-order valence-electron chi connectivity index (χ4n) is 2.98. The summed E-state index contributed by atoms with van der Waals surface area (Å²) < 4.78 is 0. The Kier molecular flexibility index (Phi) is 17.1. The Hall–Kier alpha value is -1.59. The maximum absolute atomic E-state index is 11.5. The van der Waals surface area contributed by atoms with E-state index in [-0.39, 0.29) is 11.9 Å². The minimum Gasteiger partial charge on any atom is -0.370 e. The van der Waals surface area contributed by atoms with Gasteiger partial charge < -0.3 is 11.5 Å². The van der Waals surface area contributed by atoms with Gasteiger partial charge in [0.2, 0.25) is 5.91 Å². The average molecular weight is 369 g/mol. The molecule has 5 N–H and O–H groups in total. The Bertz CT molecular complexity index is 393. The van der Waals surface area contributed by atoms with Gasteiger partial charge in [-0.05, 0) is 6.42 Å². The average Bonchev–Trinajstić information content (AvgIpc) is 2.57. The van der Waals surface area contributed by atoms with Crippen LogP contribution in [0.2, 0.25) is 0 Å². The van der Waals surface area contributed by atoms with Crippen LogP contribution in [0.15, 0.2) is 4.99 Å². The van der Waals surface area contributed by atoms with E-state index in [4.69, 9.17) is 11.5 Å². The van der Waals surface area contributed by atoms with E-state index in [2.05, 4.69) is 17.2 Å². The number of amides is 3. The molecule has 0 spiro atoms. The van der Waals surface area contributed by atoms with Gasteiger partial charge >= 0.3 is 6.03 Å². The molecule has 0 aliphatic rings. The first kappa shape index (κ1) is 24.4. The van der Waals surface area contributed by atoms with Crippen LogP contribution in [0.5, 0.6) is 0 Å². The number of urea groups is 1. The number of rotatable bonds is 16. The number of nitrogens with zero attached hydrogens (tertiary/aromatic N) is 1. The van der Waals surface area contributed by atoms with E-state index in [0.29, 0.717) is 6.42 Å². The molecule has 3 amide bonds. The van der Waals surface area contributed by atoms with E-state index in [9.17, 15) is 9.59 Å². The minimum absolute atomic E-state index is 0.324. The molecule has 26 heavy (non-hydrogen) atoms. The summed E-state index contributed by atoms with van der Waals surface area (Å²) in [6.45, 7) is 2.26. The van der Waals surface area contributed by atoms with Crippen molar-refractivity contribution in [2.45, 2.75) is 110 Å². The Balaban J connectivity index is 3.25. The molecule has 6 heteroatoms. The summed E-state index contributed by atoms with van der Waals surface area (Å²) in [5.74, 6) is -0.669. The van der Waals surface area contributed by atoms with Gasteiger partial charge in [-0.1, -0.05) is 96.8 Å². The third-order valence-corrected chi connectivity index (χ3v) is 4.48. The summed E-state index contributed by atoms with van der Waals surface area (Å²) in [4.78, 5) is 25.9. The number of guanidine groups is 1. The molecule has 0 aromatic carbocycles. The van der Waals surface area contributed by atoms with Crippen LogP contribution in [-0.2, 0) is 4.79 Å². The zero-order valence-electron chi connectivity index (χ0n) is 16.7. The van der Waals surface area contributed by atoms with Gasteiger partial charge in [-0.2, -0.15) is 4.99 Å². The lowest BCUT2D eigenvalue weighted by Gasteiger charge is -2.04. The second kappa shape index (κ2) is 18.2. The number of unbranched alkanes of at least 4 members (excludes halogenated alkanes) is 14. The molecule has 152 valence electrons. The molecule has 6 nitrogen and oxygen atoms in total. The van der Waals surface area contributed by atoms with Gasteiger partial charge in [-0.25, -0.2) is 4.79 Å². The van der Waals surface area contributed by atoms with E-state index in [1.807, 2.05) is 0 Å². The summed E-state index contributed by atoms with van der Waals surface area (Å²) in [6.07, 6.45) is 19.6. The monoisotopic (exact) mass is 368 g/mol. The van der Waals surface area contributed by atoms with Crippen LogP contribution < -0.4 is 16.8 Å². The van der Waals surface area contributed by atoms with Crippen molar-refractivity contribution in [2.24, 2.45) is 16.5 Å². The molecule has 0 aliphatic heterocycles. The molecular weight excluding hydrogens is 328 g/mol. The van der Waals surface area contributed by atoms with Gasteiger partial charge in [0.25, 0.3) is 0 Å². The zero-order valence-corrected chi connectivity index (χ0v) is 16.7. The number of hydrogen-bond acceptors (Lipinski definition) is 2. The van der Waals surface area contributed by atoms with Crippen molar-refractivity contribution in [3.63, 3.8) is 0 Å². The highest BCUT2D eigenvalue weighted by atomic mass is 16.2. The highest BCUT2D eigenvalue weighted by Gasteiger charge is 2.06. The smallest absolute Gasteiger partial charge is 0.350 e. The first-order valence-corrected chi connectivity index (χ1v) is 10.5. The Morgan fingerprint density at radius 1 is 0.692 bits per heavy atom. The van der Waals surface area contributed by atoms with Crippen LogP contribution in [0.4, 0.5) is 4.79 Å². The van der Waals surface area contributed by atoms with Gasteiger partial charge in [-0.3, -0.25) is 10.1 Å². The number of imide groups is 1. The van der Waals surface area contributed by atoms with Crippen molar-refractivity contribution in [2.75, 3.05) is 0 Å². The second-order valence-corrected chi connectivity index (χ2v) is 7.09. The molecule has 0 saturated carbocycles. The predicted molar refractivity (Wildman–Crippen MR) is 109 cm³/mol. The van der Waals surface area contributed by atoms with Crippen molar-refractivity contribution >= 4 is 17.9 Å². The SMILES string of the molecule is CCCCCCCCCCCCCCCCCC(=O)NC(=O)N=C(N)N. The summed E-state index contributed by atoms with van der Waals surface area (Å²) in [7, 11) is 0. The number of carbonyl (C=O) groups is 2. The highest BCUT2D eigenvalue weighted by Crippen LogP contribution is 2.13. The molecule has 0 aromatic heterocycles. The lowest BCUT2D eigenvalue weighted by molar-refractivity contribution is -0.120. The molecule has 0 saturated heterocycles. The number of hydrogen-bond donors (Lipinski definition) is 3. The lowest BCUT2D eigenvalue weighted by Crippen LogP contribution is -2.32. The number of nitrogens with one attached hydrogen (secondary N) is 1. The Morgan fingerprint density at radius 3 is 1.46 bits per heavy atom. The molecule has 0 aromatic rings. The van der Waals surface area contributed by atoms with E-state index < -0.39 is 6.03 Å². The van der Waals surface area contributed by atoms with Crippen molar-refractivity contribution in [1.29, 1.82) is 0 Å². The van der Waals surface area contributed by atoms with Crippen LogP contribution in [-0.4, -0.2) is 17.9 Å². The van der Waals surface area contributed by atoms with Crippen molar-refractivity contribution in [3.05, 3.63) is 0 Å².